The lowest BCUT2D eigenvalue weighted by molar-refractivity contribution is -0.143. The van der Waals surface area contributed by atoms with Gasteiger partial charge in [0.15, 0.2) is 0 Å². The molecule has 9 N–H and O–H groups in total. The van der Waals surface area contributed by atoms with Gasteiger partial charge < -0.3 is 37.6 Å². The van der Waals surface area contributed by atoms with Crippen molar-refractivity contribution in [2.75, 3.05) is 0 Å². The Morgan fingerprint density at radius 1 is 0.857 bits per heavy atom. The van der Waals surface area contributed by atoms with Crippen LogP contribution in [0, 0.1) is 0 Å². The molecule has 0 aromatic carbocycles. The Bertz CT molecular complexity index is 636. The van der Waals surface area contributed by atoms with Gasteiger partial charge in [-0.3, -0.25) is 24.0 Å². The van der Waals surface area contributed by atoms with E-state index in [0.717, 1.165) is 0 Å². The molecular formula is C15H25N5O8. The van der Waals surface area contributed by atoms with Gasteiger partial charge in [0.2, 0.25) is 23.6 Å². The average Bonchev–Trinajstić information content (AvgIpc) is 2.56. The molecule has 4 atom stereocenters. The standard InChI is InChI=1S/C15H25N5O8/c1-6(16)12(24)20-9(5-10(17)21)14(26)18-7(2)13(25)19-8(15(27)28)3-4-11(22)23/h6-9H,3-5,16H2,1-2H3,(H2,17,21)(H,18,26)(H,19,25)(H,20,24)(H,22,23)(H,27,28). The summed E-state index contributed by atoms with van der Waals surface area (Å²) in [4.78, 5) is 68.7. The lowest BCUT2D eigenvalue weighted by Crippen LogP contribution is -2.56. The number of rotatable bonds is 12. The number of hydrogen-bond donors (Lipinski definition) is 7. The molecule has 4 unspecified atom stereocenters. The maximum absolute atomic E-state index is 12.2. The number of amides is 4. The summed E-state index contributed by atoms with van der Waals surface area (Å²) in [6, 6.07) is -5.06. The second-order valence-electron chi connectivity index (χ2n) is 6.08. The van der Waals surface area contributed by atoms with E-state index < -0.39 is 72.6 Å². The monoisotopic (exact) mass is 403 g/mol. The van der Waals surface area contributed by atoms with Gasteiger partial charge in [-0.05, 0) is 20.3 Å². The van der Waals surface area contributed by atoms with E-state index in [2.05, 4.69) is 16.0 Å². The minimum Gasteiger partial charge on any atom is -0.481 e. The van der Waals surface area contributed by atoms with Crippen LogP contribution in [0.15, 0.2) is 0 Å². The van der Waals surface area contributed by atoms with Gasteiger partial charge in [-0.1, -0.05) is 0 Å². The second kappa shape index (κ2) is 11.5. The van der Waals surface area contributed by atoms with Crippen molar-refractivity contribution in [3.8, 4) is 0 Å². The van der Waals surface area contributed by atoms with E-state index in [0.29, 0.717) is 0 Å². The first-order valence-electron chi connectivity index (χ1n) is 8.24. The molecule has 13 nitrogen and oxygen atoms in total. The Labute approximate surface area is 160 Å². The lowest BCUT2D eigenvalue weighted by atomic mass is 10.1. The Morgan fingerprint density at radius 3 is 1.82 bits per heavy atom. The van der Waals surface area contributed by atoms with Crippen molar-refractivity contribution in [3.63, 3.8) is 0 Å². The van der Waals surface area contributed by atoms with Crippen molar-refractivity contribution in [1.29, 1.82) is 0 Å². The maximum Gasteiger partial charge on any atom is 0.326 e. The van der Waals surface area contributed by atoms with Crippen LogP contribution in [0.4, 0.5) is 0 Å². The summed E-state index contributed by atoms with van der Waals surface area (Å²) in [5, 5.41) is 24.2. The Balaban J connectivity index is 4.98. The van der Waals surface area contributed by atoms with Crippen molar-refractivity contribution in [1.82, 2.24) is 16.0 Å². The third-order valence-electron chi connectivity index (χ3n) is 3.47. The van der Waals surface area contributed by atoms with Crippen LogP contribution in [0.5, 0.6) is 0 Å². The van der Waals surface area contributed by atoms with Crippen LogP contribution < -0.4 is 27.4 Å². The van der Waals surface area contributed by atoms with Crippen LogP contribution >= 0.6 is 0 Å². The van der Waals surface area contributed by atoms with Gasteiger partial charge in [0.05, 0.1) is 12.5 Å². The largest absolute Gasteiger partial charge is 0.481 e. The SMILES string of the molecule is CC(N)C(=O)NC(CC(N)=O)C(=O)NC(C)C(=O)NC(CCC(=O)O)C(=O)O. The van der Waals surface area contributed by atoms with Gasteiger partial charge >= 0.3 is 11.9 Å². The van der Waals surface area contributed by atoms with Crippen LogP contribution in [-0.2, 0) is 28.8 Å². The lowest BCUT2D eigenvalue weighted by Gasteiger charge is -2.22. The summed E-state index contributed by atoms with van der Waals surface area (Å²) < 4.78 is 0. The van der Waals surface area contributed by atoms with Crippen molar-refractivity contribution in [2.45, 2.75) is 57.3 Å². The molecule has 0 aliphatic heterocycles. The van der Waals surface area contributed by atoms with Crippen LogP contribution in [0.2, 0.25) is 0 Å². The molecule has 0 aliphatic rings. The molecular weight excluding hydrogens is 378 g/mol. The molecule has 0 aromatic heterocycles. The van der Waals surface area contributed by atoms with E-state index in [1.165, 1.54) is 13.8 Å². The number of carbonyl (C=O) groups is 6. The highest BCUT2D eigenvalue weighted by Gasteiger charge is 2.28. The predicted molar refractivity (Wildman–Crippen MR) is 93.4 cm³/mol. The summed E-state index contributed by atoms with van der Waals surface area (Å²) in [5.41, 5.74) is 10.4. The van der Waals surface area contributed by atoms with Crippen molar-refractivity contribution in [3.05, 3.63) is 0 Å². The number of carboxylic acids is 2. The fourth-order valence-electron chi connectivity index (χ4n) is 1.92. The number of primary amides is 1. The first-order valence-corrected chi connectivity index (χ1v) is 8.24. The third-order valence-corrected chi connectivity index (χ3v) is 3.47. The smallest absolute Gasteiger partial charge is 0.326 e. The summed E-state index contributed by atoms with van der Waals surface area (Å²) in [5.74, 6) is -6.10. The van der Waals surface area contributed by atoms with E-state index in [-0.39, 0.29) is 6.42 Å². The number of nitrogens with one attached hydrogen (secondary N) is 3. The molecule has 0 bridgehead atoms. The predicted octanol–water partition coefficient (Wildman–Crippen LogP) is -3.37. The zero-order valence-corrected chi connectivity index (χ0v) is 15.4. The molecule has 0 fully saturated rings. The van der Waals surface area contributed by atoms with Crippen molar-refractivity contribution in [2.24, 2.45) is 11.5 Å². The minimum absolute atomic E-state index is 0.355. The summed E-state index contributed by atoms with van der Waals surface area (Å²) >= 11 is 0. The van der Waals surface area contributed by atoms with Crippen molar-refractivity contribution < 1.29 is 39.0 Å². The molecule has 13 heteroatoms. The van der Waals surface area contributed by atoms with E-state index in [9.17, 15) is 28.8 Å². The molecule has 158 valence electrons. The summed E-state index contributed by atoms with van der Waals surface area (Å²) in [6.07, 6.45) is -1.39. The molecule has 0 aromatic rings. The summed E-state index contributed by atoms with van der Waals surface area (Å²) in [6.45, 7) is 2.59. The third kappa shape index (κ3) is 9.47. The van der Waals surface area contributed by atoms with E-state index >= 15 is 0 Å². The Morgan fingerprint density at radius 2 is 1.39 bits per heavy atom. The van der Waals surface area contributed by atoms with E-state index in [4.69, 9.17) is 21.7 Å². The highest BCUT2D eigenvalue weighted by Crippen LogP contribution is 2.00. The molecule has 0 heterocycles. The number of aliphatic carboxylic acids is 2. The highest BCUT2D eigenvalue weighted by atomic mass is 16.4. The van der Waals surface area contributed by atoms with Crippen LogP contribution in [0.1, 0.15) is 33.1 Å². The fourth-order valence-corrected chi connectivity index (χ4v) is 1.92. The maximum atomic E-state index is 12.2. The quantitative estimate of drug-likeness (QED) is 0.172. The molecule has 4 amide bonds. The average molecular weight is 403 g/mol. The topological polar surface area (TPSA) is 231 Å². The Kier molecular flexibility index (Phi) is 10.2. The van der Waals surface area contributed by atoms with E-state index in [1.54, 1.807) is 0 Å². The first-order chi connectivity index (χ1) is 12.8. The molecule has 0 aliphatic carbocycles. The van der Waals surface area contributed by atoms with Crippen molar-refractivity contribution >= 4 is 35.6 Å². The number of carboxylic acid groups (broad SMARTS) is 2. The fraction of sp³-hybridized carbons (Fsp3) is 0.600. The van der Waals surface area contributed by atoms with Crippen LogP contribution in [0.3, 0.4) is 0 Å². The first kappa shape index (κ1) is 24.8. The molecule has 0 rings (SSSR count). The van der Waals surface area contributed by atoms with Gasteiger partial charge in [0.1, 0.15) is 18.1 Å². The zero-order valence-electron chi connectivity index (χ0n) is 15.4. The molecule has 0 saturated heterocycles. The minimum atomic E-state index is -1.47. The van der Waals surface area contributed by atoms with Gasteiger partial charge in [-0.15, -0.1) is 0 Å². The normalized spacial score (nSPS) is 14.7. The van der Waals surface area contributed by atoms with Gasteiger partial charge in [0.25, 0.3) is 0 Å². The molecule has 0 saturated carbocycles. The zero-order chi connectivity index (χ0) is 22.0. The Hall–Kier alpha value is -3.22. The van der Waals surface area contributed by atoms with Crippen LogP contribution in [-0.4, -0.2) is 69.9 Å². The van der Waals surface area contributed by atoms with Gasteiger partial charge in [0, 0.05) is 6.42 Å². The van der Waals surface area contributed by atoms with Gasteiger partial charge in [-0.2, -0.15) is 0 Å². The summed E-state index contributed by atoms with van der Waals surface area (Å²) in [7, 11) is 0. The second-order valence-corrected chi connectivity index (χ2v) is 6.08. The van der Waals surface area contributed by atoms with E-state index in [1.807, 2.05) is 0 Å². The highest BCUT2D eigenvalue weighted by molar-refractivity contribution is 5.95. The molecule has 0 spiro atoms. The number of nitrogens with two attached hydrogens (primary N) is 2. The molecule has 28 heavy (non-hydrogen) atoms. The van der Waals surface area contributed by atoms with Crippen LogP contribution in [0.25, 0.3) is 0 Å². The van der Waals surface area contributed by atoms with Gasteiger partial charge in [-0.25, -0.2) is 4.79 Å². The molecule has 0 radical (unpaired) electrons. The number of carbonyl (C=O) groups excluding carboxylic acids is 4. The number of hydrogen-bond acceptors (Lipinski definition) is 7.